The van der Waals surface area contributed by atoms with Gasteiger partial charge in [-0.3, -0.25) is 4.55 Å². The average molecular weight is 526 g/mol. The van der Waals surface area contributed by atoms with Crippen molar-refractivity contribution < 1.29 is 13.0 Å². The zero-order valence-electron chi connectivity index (χ0n) is 24.0. The molecular weight excluding hydrogens is 466 g/mol. The van der Waals surface area contributed by atoms with Crippen molar-refractivity contribution in [3.8, 4) is 0 Å². The molecule has 1 aromatic carbocycles. The molecule has 0 bridgehead atoms. The van der Waals surface area contributed by atoms with Gasteiger partial charge in [0.1, 0.15) is 0 Å². The van der Waals surface area contributed by atoms with E-state index in [9.17, 15) is 8.42 Å². The largest absolute Gasteiger partial charge is 0.325 e. The summed E-state index contributed by atoms with van der Waals surface area (Å²) in [5.41, 5.74) is 7.06. The molecule has 0 heterocycles. The second-order valence-corrected chi connectivity index (χ2v) is 12.1. The third-order valence-corrected chi connectivity index (χ3v) is 7.99. The van der Waals surface area contributed by atoms with Crippen LogP contribution >= 0.6 is 0 Å². The van der Waals surface area contributed by atoms with Gasteiger partial charge in [0.2, 0.25) is 0 Å². The lowest BCUT2D eigenvalue weighted by Crippen LogP contribution is -2.39. The lowest BCUT2D eigenvalue weighted by Gasteiger charge is -2.30. The summed E-state index contributed by atoms with van der Waals surface area (Å²) >= 11 is 0. The molecular formula is C31H59NO3S. The van der Waals surface area contributed by atoms with Crippen LogP contribution in [-0.4, -0.2) is 18.5 Å². The van der Waals surface area contributed by atoms with Crippen LogP contribution < -0.4 is 5.73 Å². The maximum atomic E-state index is 10.4. The second kappa shape index (κ2) is 23.2. The van der Waals surface area contributed by atoms with E-state index in [1.165, 1.54) is 147 Å². The fourth-order valence-corrected chi connectivity index (χ4v) is 5.24. The lowest BCUT2D eigenvalue weighted by atomic mass is 9.82. The van der Waals surface area contributed by atoms with Crippen LogP contribution in [0.5, 0.6) is 0 Å². The SMILES string of the molecule is CCCCCCCCC(N)(CCCCCCCC)CCCCCCCC.O=S(=O)(O)c1ccccc1. The molecule has 0 aliphatic rings. The first-order chi connectivity index (χ1) is 17.3. The molecule has 1 rings (SSSR count). The fourth-order valence-electron chi connectivity index (χ4n) is 4.74. The lowest BCUT2D eigenvalue weighted by molar-refractivity contribution is 0.302. The average Bonchev–Trinajstić information content (AvgIpc) is 2.86. The van der Waals surface area contributed by atoms with Gasteiger partial charge in [-0.05, 0) is 31.4 Å². The first-order valence-corrected chi connectivity index (χ1v) is 16.5. The zero-order valence-corrected chi connectivity index (χ0v) is 24.8. The first kappa shape index (κ1) is 35.1. The molecule has 0 saturated heterocycles. The standard InChI is InChI=1S/C25H53N.C6H6O3S/c1-4-7-10-13-16-19-22-25(26,23-20-17-14-11-8-5-2)24-21-18-15-12-9-6-3;7-10(8,9)6-4-2-1-3-5-6/h4-24,26H2,1-3H3;1-5H,(H,7,8,9). The Morgan fingerprint density at radius 2 is 0.889 bits per heavy atom. The monoisotopic (exact) mass is 525 g/mol. The Morgan fingerprint density at radius 3 is 1.17 bits per heavy atom. The predicted molar refractivity (Wildman–Crippen MR) is 157 cm³/mol. The Bertz CT molecular complexity index is 650. The van der Waals surface area contributed by atoms with E-state index in [0.29, 0.717) is 0 Å². The molecule has 0 aromatic heterocycles. The number of nitrogens with two attached hydrogens (primary N) is 1. The quantitative estimate of drug-likeness (QED) is 0.117. The molecule has 0 saturated carbocycles. The van der Waals surface area contributed by atoms with Crippen molar-refractivity contribution in [3.05, 3.63) is 30.3 Å². The van der Waals surface area contributed by atoms with E-state index >= 15 is 0 Å². The highest BCUT2D eigenvalue weighted by Gasteiger charge is 2.23. The maximum Gasteiger partial charge on any atom is 0.294 e. The van der Waals surface area contributed by atoms with Gasteiger partial charge in [0.15, 0.2) is 0 Å². The van der Waals surface area contributed by atoms with Crippen molar-refractivity contribution in [3.63, 3.8) is 0 Å². The molecule has 1 aromatic rings. The number of rotatable bonds is 22. The number of hydrogen-bond donors (Lipinski definition) is 2. The van der Waals surface area contributed by atoms with Crippen LogP contribution in [0.3, 0.4) is 0 Å². The van der Waals surface area contributed by atoms with E-state index in [0.717, 1.165) is 0 Å². The Labute approximate surface area is 225 Å². The normalized spacial score (nSPS) is 11.8. The van der Waals surface area contributed by atoms with Gasteiger partial charge in [0, 0.05) is 5.54 Å². The molecule has 0 radical (unpaired) electrons. The van der Waals surface area contributed by atoms with Crippen molar-refractivity contribution in [1.29, 1.82) is 0 Å². The summed E-state index contributed by atoms with van der Waals surface area (Å²) in [7, 11) is -4.00. The Hall–Kier alpha value is -0.910. The molecule has 0 aliphatic carbocycles. The summed E-state index contributed by atoms with van der Waals surface area (Å²) in [5.74, 6) is 0. The molecule has 212 valence electrons. The number of hydrogen-bond acceptors (Lipinski definition) is 3. The van der Waals surface area contributed by atoms with Gasteiger partial charge < -0.3 is 5.73 Å². The van der Waals surface area contributed by atoms with E-state index in [1.807, 2.05) is 0 Å². The summed E-state index contributed by atoms with van der Waals surface area (Å²) < 4.78 is 29.2. The van der Waals surface area contributed by atoms with E-state index < -0.39 is 10.1 Å². The number of unbranched alkanes of at least 4 members (excludes halogenated alkanes) is 15. The molecule has 5 heteroatoms. The highest BCUT2D eigenvalue weighted by atomic mass is 32.2. The summed E-state index contributed by atoms with van der Waals surface area (Å²) in [6.07, 6.45) is 28.8. The van der Waals surface area contributed by atoms with Gasteiger partial charge in [0.05, 0.1) is 4.90 Å². The van der Waals surface area contributed by atoms with Crippen LogP contribution in [-0.2, 0) is 10.1 Å². The van der Waals surface area contributed by atoms with Gasteiger partial charge in [-0.1, -0.05) is 155 Å². The van der Waals surface area contributed by atoms with Gasteiger partial charge in [-0.25, -0.2) is 0 Å². The van der Waals surface area contributed by atoms with Crippen LogP contribution in [0, 0.1) is 0 Å². The minimum absolute atomic E-state index is 0.0741. The van der Waals surface area contributed by atoms with Gasteiger partial charge in [-0.2, -0.15) is 8.42 Å². The van der Waals surface area contributed by atoms with E-state index in [-0.39, 0.29) is 10.4 Å². The van der Waals surface area contributed by atoms with Crippen LogP contribution in [0.2, 0.25) is 0 Å². The van der Waals surface area contributed by atoms with Crippen molar-refractivity contribution in [2.75, 3.05) is 0 Å². The van der Waals surface area contributed by atoms with Crippen LogP contribution in [0.15, 0.2) is 35.2 Å². The fraction of sp³-hybridized carbons (Fsp3) is 0.806. The van der Waals surface area contributed by atoms with Crippen molar-refractivity contribution in [2.45, 2.75) is 166 Å². The Balaban J connectivity index is 0.00000101. The molecule has 0 spiro atoms. The topological polar surface area (TPSA) is 80.4 Å². The molecule has 36 heavy (non-hydrogen) atoms. The molecule has 3 N–H and O–H groups in total. The molecule has 0 unspecified atom stereocenters. The van der Waals surface area contributed by atoms with E-state index in [1.54, 1.807) is 18.2 Å². The van der Waals surface area contributed by atoms with E-state index in [2.05, 4.69) is 20.8 Å². The minimum Gasteiger partial charge on any atom is -0.325 e. The first-order valence-electron chi connectivity index (χ1n) is 15.1. The summed E-state index contributed by atoms with van der Waals surface area (Å²) in [5, 5.41) is 0. The number of benzene rings is 1. The summed E-state index contributed by atoms with van der Waals surface area (Å²) in [6.45, 7) is 6.89. The summed E-state index contributed by atoms with van der Waals surface area (Å²) in [6, 6.07) is 7.42. The molecule has 0 amide bonds. The Morgan fingerprint density at radius 1 is 0.583 bits per heavy atom. The summed E-state index contributed by atoms with van der Waals surface area (Å²) in [4.78, 5) is -0.0741. The van der Waals surface area contributed by atoms with Gasteiger partial charge in [0.25, 0.3) is 10.1 Å². The highest BCUT2D eigenvalue weighted by molar-refractivity contribution is 7.85. The predicted octanol–water partition coefficient (Wildman–Crippen LogP) is 9.87. The minimum atomic E-state index is -4.00. The van der Waals surface area contributed by atoms with Crippen molar-refractivity contribution in [2.24, 2.45) is 5.73 Å². The Kier molecular flexibility index (Phi) is 22.6. The van der Waals surface area contributed by atoms with Crippen LogP contribution in [0.1, 0.15) is 156 Å². The molecule has 4 nitrogen and oxygen atoms in total. The zero-order chi connectivity index (χ0) is 27.0. The van der Waals surface area contributed by atoms with Gasteiger partial charge in [-0.15, -0.1) is 0 Å². The van der Waals surface area contributed by atoms with Crippen molar-refractivity contribution >= 4 is 10.1 Å². The molecule has 0 atom stereocenters. The van der Waals surface area contributed by atoms with E-state index in [4.69, 9.17) is 10.3 Å². The second-order valence-electron chi connectivity index (χ2n) is 10.7. The van der Waals surface area contributed by atoms with Gasteiger partial charge >= 0.3 is 0 Å². The molecule has 0 aliphatic heterocycles. The maximum absolute atomic E-state index is 10.4. The van der Waals surface area contributed by atoms with Crippen LogP contribution in [0.4, 0.5) is 0 Å². The highest BCUT2D eigenvalue weighted by Crippen LogP contribution is 2.27. The van der Waals surface area contributed by atoms with Crippen LogP contribution in [0.25, 0.3) is 0 Å². The molecule has 0 fully saturated rings. The van der Waals surface area contributed by atoms with Crippen molar-refractivity contribution in [1.82, 2.24) is 0 Å². The smallest absolute Gasteiger partial charge is 0.294 e. The third-order valence-electron chi connectivity index (χ3n) is 7.13. The third kappa shape index (κ3) is 21.2.